The summed E-state index contributed by atoms with van der Waals surface area (Å²) in [6.45, 7) is 14.4. The Balaban J connectivity index is 1.61. The number of hydrogen-bond donors (Lipinski definition) is 18. The van der Waals surface area contributed by atoms with Crippen molar-refractivity contribution < 1.29 is 122 Å². The van der Waals surface area contributed by atoms with Crippen molar-refractivity contribution in [2.24, 2.45) is 0 Å². The van der Waals surface area contributed by atoms with E-state index in [1.54, 1.807) is 21.9 Å². The van der Waals surface area contributed by atoms with E-state index < -0.39 is 182 Å². The summed E-state index contributed by atoms with van der Waals surface area (Å²) in [6, 6.07) is -1.83. The van der Waals surface area contributed by atoms with Gasteiger partial charge in [-0.05, 0) is 73.3 Å². The summed E-state index contributed by atoms with van der Waals surface area (Å²) in [5.41, 5.74) is 0.399. The minimum Gasteiger partial charge on any atom is -0.481 e. The van der Waals surface area contributed by atoms with E-state index in [0.717, 1.165) is 9.87 Å². The Morgan fingerprint density at radius 3 is 1.58 bits per heavy atom. The number of carboxylic acid groups (broad SMARTS) is 7. The molecule has 39 nitrogen and oxygen atoms in total. The van der Waals surface area contributed by atoms with E-state index in [0.29, 0.717) is 38.6 Å². The Bertz CT molecular complexity index is 3420. The van der Waals surface area contributed by atoms with Gasteiger partial charge in [-0.25, -0.2) is 38.4 Å². The highest BCUT2D eigenvalue weighted by atomic mass is 31.2. The predicted octanol–water partition coefficient (Wildman–Crippen LogP) is -0.235. The monoisotopic (exact) mass is 1610 g/mol. The maximum atomic E-state index is 14.2. The van der Waals surface area contributed by atoms with Crippen molar-refractivity contribution in [3.63, 3.8) is 0 Å². The zero-order valence-electron chi connectivity index (χ0n) is 61.7. The van der Waals surface area contributed by atoms with Crippen LogP contribution < -0.4 is 47.7 Å². The lowest BCUT2D eigenvalue weighted by Crippen LogP contribution is -2.51. The van der Waals surface area contributed by atoms with Gasteiger partial charge in [0.05, 0.1) is 40.7 Å². The van der Waals surface area contributed by atoms with Crippen LogP contribution in [0.1, 0.15) is 154 Å². The molecule has 3 rings (SSSR count). The van der Waals surface area contributed by atoms with Crippen molar-refractivity contribution in [3.8, 4) is 0 Å². The maximum Gasteiger partial charge on any atom is 0.326 e. The lowest BCUT2D eigenvalue weighted by Gasteiger charge is -2.39. The van der Waals surface area contributed by atoms with Crippen molar-refractivity contribution in [3.05, 3.63) is 41.7 Å². The summed E-state index contributed by atoms with van der Waals surface area (Å²) in [5, 5.41) is 94.3. The molecule has 0 spiro atoms. The van der Waals surface area contributed by atoms with Gasteiger partial charge in [0, 0.05) is 109 Å². The van der Waals surface area contributed by atoms with Crippen LogP contribution in [0.15, 0.2) is 30.5 Å². The van der Waals surface area contributed by atoms with E-state index >= 15 is 0 Å². The largest absolute Gasteiger partial charge is 0.481 e. The fourth-order valence-electron chi connectivity index (χ4n) is 12.0. The number of nitrogens with zero attached hydrogens (tertiary/aromatic N) is 6. The van der Waals surface area contributed by atoms with E-state index in [1.807, 2.05) is 22.8 Å². The third-order valence-electron chi connectivity index (χ3n) is 17.2. The SMILES string of the molecule is CC(C)(C)[SiH](c1ccc(C(=O)NC[C@@H](C(=O)N[C@@H](CCCCNC(=O)CCC(=O)NCCC[C@H](NC(=O)CC[C@H](NC(=O)N[C@@H](CCC(=O)O)C(=O)O)C(=O)O)C(=O)O)C(=O)O)n2cc(CNC(=O)CC[P+](O)(O)CN3CCN(CPCCC(=O)O)CCN(CP(=O)(O)CCC(=O)O)CC3)nn2)cc1)C(C)(C)C. The van der Waals surface area contributed by atoms with Gasteiger partial charge in [0.25, 0.3) is 13.6 Å². The first kappa shape index (κ1) is 94.0. The van der Waals surface area contributed by atoms with E-state index in [-0.39, 0.29) is 139 Å². The minimum atomic E-state index is -3.90. The van der Waals surface area contributed by atoms with Crippen molar-refractivity contribution in [2.75, 3.05) is 96.2 Å². The summed E-state index contributed by atoms with van der Waals surface area (Å²) in [6.07, 6.45) is -2.65. The number of aliphatic carboxylic acids is 7. The first-order valence-electron chi connectivity index (χ1n) is 35.3. The zero-order chi connectivity index (χ0) is 81.1. The first-order chi connectivity index (χ1) is 50.4. The van der Waals surface area contributed by atoms with Crippen LogP contribution in [0, 0.1) is 0 Å². The highest BCUT2D eigenvalue weighted by molar-refractivity contribution is 7.64. The zero-order valence-corrected chi connectivity index (χ0v) is 65.7. The van der Waals surface area contributed by atoms with Crippen molar-refractivity contribution in [1.82, 2.24) is 72.2 Å². The van der Waals surface area contributed by atoms with E-state index in [9.17, 15) is 107 Å². The lowest BCUT2D eigenvalue weighted by molar-refractivity contribution is -0.143. The second-order valence-corrected chi connectivity index (χ2v) is 39.8. The molecule has 43 heteroatoms. The van der Waals surface area contributed by atoms with Crippen LogP contribution in [-0.4, -0.2) is 293 Å². The number of hydrogen-bond acceptors (Lipinski definition) is 22. The summed E-state index contributed by atoms with van der Waals surface area (Å²) in [5.74, 6) is -13.6. The summed E-state index contributed by atoms with van der Waals surface area (Å²) in [7, 11) is -9.10. The second kappa shape index (κ2) is 46.3. The third-order valence-corrected chi connectivity index (χ3v) is 26.5. The molecule has 1 saturated heterocycles. The molecule has 7 atom stereocenters. The van der Waals surface area contributed by atoms with Gasteiger partial charge in [0.1, 0.15) is 42.1 Å². The van der Waals surface area contributed by atoms with Gasteiger partial charge < -0.3 is 83.2 Å². The Morgan fingerprint density at radius 1 is 0.556 bits per heavy atom. The van der Waals surface area contributed by atoms with Gasteiger partial charge in [0.15, 0.2) is 6.29 Å². The van der Waals surface area contributed by atoms with E-state index in [1.165, 1.54) is 6.20 Å². The number of rotatable bonds is 49. The standard InChI is InChI=1S/C65H107N14O25P3Si/c1-64(2,3)108(65(4,5)6)44-14-12-42(13-15-44)57(90)69-37-49(79-38-43(74-75-79)36-68-52(82)23-34-106(101,102)40-77-29-27-76(39-105-33-22-55(86)87)28-30-78(32-31-77)41-107(103,104)35-24-56(88)89)58(91)71-46(60(94)95)10-7-8-25-66-50(80)19-20-51(81)67-26-9-11-45(59(92)93)70-53(83)18-16-47(61(96)97)72-63(100)73-48(62(98)99)17-21-54(84)85/h12-15,38,45-49,101-102,105,108H,7-11,16-37,39-41H2,1-6H3,(H15-,66,67,68,69,70,71,72,73,80,81,82,83,84,85,86,87,88,89,90,91,92,93,94,95,96,97,98,99,100,103,104)/p+1/t45-,46-,47-,48-,49-/m0/s1. The van der Waals surface area contributed by atoms with Crippen molar-refractivity contribution in [1.29, 1.82) is 0 Å². The van der Waals surface area contributed by atoms with Crippen LogP contribution in [0.2, 0.25) is 10.1 Å². The number of benzene rings is 1. The molecular weight excluding hydrogens is 1500 g/mol. The Kier molecular flexibility index (Phi) is 40.3. The topological polar surface area (TPSA) is 595 Å². The van der Waals surface area contributed by atoms with Gasteiger partial charge in [0.2, 0.25) is 36.9 Å². The molecule has 1 fully saturated rings. The molecule has 108 heavy (non-hydrogen) atoms. The average Bonchev–Trinajstić information content (AvgIpc) is 0.946. The number of amides is 8. The molecule has 1 aliphatic rings. The second-order valence-electron chi connectivity index (χ2n) is 28.6. The first-order valence-corrected chi connectivity index (χ1v) is 42.5. The fraction of sp³-hybridized carbons (Fsp3) is 0.662. The predicted molar refractivity (Wildman–Crippen MR) is 397 cm³/mol. The quantitative estimate of drug-likeness (QED) is 0.0231. The summed E-state index contributed by atoms with van der Waals surface area (Å²) < 4.78 is 14.1. The number of carboxylic acids is 7. The summed E-state index contributed by atoms with van der Waals surface area (Å²) >= 11 is 0. The normalized spacial score (nSPS) is 15.5. The van der Waals surface area contributed by atoms with E-state index in [4.69, 9.17) is 15.3 Å². The Labute approximate surface area is 628 Å². The van der Waals surface area contributed by atoms with Crippen LogP contribution in [0.4, 0.5) is 4.79 Å². The van der Waals surface area contributed by atoms with Gasteiger partial charge in [-0.15, -0.1) is 13.7 Å². The molecule has 2 aromatic rings. The maximum absolute atomic E-state index is 14.2. The van der Waals surface area contributed by atoms with Gasteiger partial charge >= 0.3 is 47.8 Å². The highest BCUT2D eigenvalue weighted by Gasteiger charge is 2.40. The summed E-state index contributed by atoms with van der Waals surface area (Å²) in [4.78, 5) is 211. The number of urea groups is 1. The fourth-order valence-corrected chi connectivity index (χ4v) is 21.6. The molecule has 18 N–H and O–H groups in total. The van der Waals surface area contributed by atoms with Crippen LogP contribution in [-0.2, 0) is 68.6 Å². The number of nitrogens with one attached hydrogen (secondary N) is 8. The molecule has 1 aromatic carbocycles. The number of unbranched alkanes of at least 4 members (excludes halogenated alkanes) is 1. The minimum absolute atomic E-state index is 0.000680. The van der Waals surface area contributed by atoms with Crippen molar-refractivity contribution >= 4 is 121 Å². The average molecular weight is 1610 g/mol. The molecule has 1 aliphatic heterocycles. The van der Waals surface area contributed by atoms with Crippen molar-refractivity contribution in [2.45, 2.75) is 178 Å². The lowest BCUT2D eigenvalue weighted by atomic mass is 10.1. The smallest absolute Gasteiger partial charge is 0.326 e. The van der Waals surface area contributed by atoms with Gasteiger partial charge in [-0.3, -0.25) is 62.4 Å². The molecule has 0 saturated carbocycles. The Morgan fingerprint density at radius 2 is 1.05 bits per heavy atom. The number of carbonyl (C=O) groups excluding carboxylic acids is 7. The molecule has 0 bridgehead atoms. The molecule has 2 heterocycles. The van der Waals surface area contributed by atoms with Gasteiger partial charge in [-0.1, -0.05) is 64.1 Å². The third kappa shape index (κ3) is 38.2. The van der Waals surface area contributed by atoms with Gasteiger partial charge in [-0.2, -0.15) is 0 Å². The highest BCUT2D eigenvalue weighted by Crippen LogP contribution is 2.51. The molecule has 8 amide bonds. The number of carbonyl (C=O) groups is 14. The van der Waals surface area contributed by atoms with E-state index in [2.05, 4.69) is 88.7 Å². The Hall–Kier alpha value is -8.19. The molecule has 0 aliphatic carbocycles. The van der Waals surface area contributed by atoms with Crippen LogP contribution >= 0.6 is 23.7 Å². The molecule has 606 valence electrons. The molecule has 0 radical (unpaired) electrons. The molecular formula is C65H108N14O25P3Si+. The number of aromatic nitrogens is 3. The van der Waals surface area contributed by atoms with Crippen LogP contribution in [0.5, 0.6) is 0 Å². The molecule has 2 unspecified atom stereocenters. The molecule has 1 aromatic heterocycles. The van der Waals surface area contributed by atoms with Crippen LogP contribution in [0.3, 0.4) is 0 Å². The van der Waals surface area contributed by atoms with Crippen LogP contribution in [0.25, 0.3) is 0 Å².